The topological polar surface area (TPSA) is 86.1 Å². The fourth-order valence-corrected chi connectivity index (χ4v) is 3.47. The lowest BCUT2D eigenvalue weighted by atomic mass is 10.1. The molecular formula is C26H26N4O3. The quantitative estimate of drug-likeness (QED) is 0.440. The summed E-state index contributed by atoms with van der Waals surface area (Å²) in [5, 5.41) is 3.48. The smallest absolute Gasteiger partial charge is 0.261 e. The Hall–Kier alpha value is -4.00. The summed E-state index contributed by atoms with van der Waals surface area (Å²) in [7, 11) is 0. The van der Waals surface area contributed by atoms with Gasteiger partial charge in [-0.25, -0.2) is 9.97 Å². The van der Waals surface area contributed by atoms with E-state index in [1.54, 1.807) is 22.9 Å². The van der Waals surface area contributed by atoms with Crippen molar-refractivity contribution in [3.8, 4) is 11.6 Å². The molecule has 2 aromatic carbocycles. The van der Waals surface area contributed by atoms with Crippen molar-refractivity contribution in [2.75, 3.05) is 0 Å². The number of aromatic nitrogens is 3. The normalized spacial score (nSPS) is 10.8. The highest BCUT2D eigenvalue weighted by Gasteiger charge is 2.07. The van der Waals surface area contributed by atoms with Crippen LogP contribution >= 0.6 is 0 Å². The Morgan fingerprint density at radius 2 is 1.91 bits per heavy atom. The van der Waals surface area contributed by atoms with Crippen LogP contribution in [-0.2, 0) is 17.9 Å². The second-order valence-corrected chi connectivity index (χ2v) is 8.02. The van der Waals surface area contributed by atoms with E-state index >= 15 is 0 Å². The number of benzene rings is 2. The Bertz CT molecular complexity index is 1330. The zero-order valence-electron chi connectivity index (χ0n) is 18.7. The third kappa shape index (κ3) is 5.63. The first-order valence-corrected chi connectivity index (χ1v) is 10.9. The lowest BCUT2D eigenvalue weighted by molar-refractivity contribution is -0.121. The third-order valence-corrected chi connectivity index (χ3v) is 5.38. The zero-order valence-corrected chi connectivity index (χ0v) is 18.7. The van der Waals surface area contributed by atoms with E-state index in [0.29, 0.717) is 42.7 Å². The molecule has 4 aromatic rings. The standard InChI is InChI=1S/C26H26N4O3/c1-18-9-10-19(2)23(14-18)33-25-12-11-20(16-28-25)15-27-24(31)8-5-13-30-17-29-22-7-4-3-6-21(22)26(30)32/h3-4,6-7,9-12,14,16-17H,5,8,13,15H2,1-2H3,(H,27,31). The predicted octanol–water partition coefficient (Wildman–Crippen LogP) is 4.30. The average Bonchev–Trinajstić information content (AvgIpc) is 2.82. The number of ether oxygens (including phenoxy) is 1. The number of carbonyl (C=O) groups excluding carboxylic acids is 1. The number of hydrogen-bond donors (Lipinski definition) is 1. The summed E-state index contributed by atoms with van der Waals surface area (Å²) in [5.74, 6) is 1.21. The molecule has 0 unspecified atom stereocenters. The number of pyridine rings is 1. The first kappa shape index (κ1) is 22.2. The second kappa shape index (κ2) is 10.1. The molecule has 0 saturated heterocycles. The van der Waals surface area contributed by atoms with Gasteiger partial charge in [0.1, 0.15) is 5.75 Å². The van der Waals surface area contributed by atoms with Gasteiger partial charge in [0.05, 0.1) is 17.2 Å². The predicted molar refractivity (Wildman–Crippen MR) is 127 cm³/mol. The molecule has 2 aromatic heterocycles. The van der Waals surface area contributed by atoms with E-state index in [-0.39, 0.29) is 11.5 Å². The van der Waals surface area contributed by atoms with Gasteiger partial charge in [-0.05, 0) is 55.2 Å². The molecule has 0 atom stereocenters. The molecule has 0 bridgehead atoms. The first-order chi connectivity index (χ1) is 16.0. The Morgan fingerprint density at radius 1 is 1.06 bits per heavy atom. The van der Waals surface area contributed by atoms with Gasteiger partial charge < -0.3 is 10.1 Å². The molecule has 1 N–H and O–H groups in total. The van der Waals surface area contributed by atoms with Crippen LogP contribution in [-0.4, -0.2) is 20.4 Å². The van der Waals surface area contributed by atoms with E-state index in [4.69, 9.17) is 4.74 Å². The molecule has 0 saturated carbocycles. The van der Waals surface area contributed by atoms with Crippen LogP contribution < -0.4 is 15.6 Å². The minimum Gasteiger partial charge on any atom is -0.439 e. The van der Waals surface area contributed by atoms with Gasteiger partial charge in [-0.1, -0.05) is 30.3 Å². The van der Waals surface area contributed by atoms with E-state index in [2.05, 4.69) is 15.3 Å². The number of nitrogens with one attached hydrogen (secondary N) is 1. The lowest BCUT2D eigenvalue weighted by Crippen LogP contribution is -2.24. The van der Waals surface area contributed by atoms with Crippen molar-refractivity contribution in [1.29, 1.82) is 0 Å². The molecule has 0 radical (unpaired) electrons. The van der Waals surface area contributed by atoms with Crippen LogP contribution in [0.5, 0.6) is 11.6 Å². The van der Waals surface area contributed by atoms with Crippen molar-refractivity contribution in [2.45, 2.75) is 39.8 Å². The molecule has 0 fully saturated rings. The molecule has 0 aliphatic rings. The van der Waals surface area contributed by atoms with Crippen LogP contribution in [0.2, 0.25) is 0 Å². The number of hydrogen-bond acceptors (Lipinski definition) is 5. The summed E-state index contributed by atoms with van der Waals surface area (Å²) < 4.78 is 7.42. The fourth-order valence-electron chi connectivity index (χ4n) is 3.47. The molecule has 0 spiro atoms. The number of amides is 1. The third-order valence-electron chi connectivity index (χ3n) is 5.38. The average molecular weight is 443 g/mol. The minimum absolute atomic E-state index is 0.0764. The Kier molecular flexibility index (Phi) is 6.78. The summed E-state index contributed by atoms with van der Waals surface area (Å²) in [6.07, 6.45) is 4.10. The van der Waals surface area contributed by atoms with Gasteiger partial charge in [0.2, 0.25) is 11.8 Å². The fraction of sp³-hybridized carbons (Fsp3) is 0.231. The highest BCUT2D eigenvalue weighted by atomic mass is 16.5. The molecule has 2 heterocycles. The van der Waals surface area contributed by atoms with E-state index in [0.717, 1.165) is 22.4 Å². The van der Waals surface area contributed by atoms with Crippen molar-refractivity contribution in [2.24, 2.45) is 0 Å². The molecule has 0 aliphatic carbocycles. The van der Waals surface area contributed by atoms with Crippen LogP contribution in [0.15, 0.2) is 71.9 Å². The number of carbonyl (C=O) groups is 1. The summed E-state index contributed by atoms with van der Waals surface area (Å²) in [6, 6.07) is 17.0. The molecule has 168 valence electrons. The Balaban J connectivity index is 1.25. The molecular weight excluding hydrogens is 416 g/mol. The molecule has 7 nitrogen and oxygen atoms in total. The van der Waals surface area contributed by atoms with Crippen LogP contribution in [0, 0.1) is 13.8 Å². The van der Waals surface area contributed by atoms with Gasteiger partial charge in [-0.3, -0.25) is 14.2 Å². The molecule has 1 amide bonds. The molecule has 4 rings (SSSR count). The van der Waals surface area contributed by atoms with Crippen molar-refractivity contribution in [3.63, 3.8) is 0 Å². The summed E-state index contributed by atoms with van der Waals surface area (Å²) >= 11 is 0. The van der Waals surface area contributed by atoms with Crippen molar-refractivity contribution >= 4 is 16.8 Å². The van der Waals surface area contributed by atoms with Crippen LogP contribution in [0.25, 0.3) is 10.9 Å². The lowest BCUT2D eigenvalue weighted by Gasteiger charge is -2.10. The van der Waals surface area contributed by atoms with Gasteiger partial charge in [-0.15, -0.1) is 0 Å². The second-order valence-electron chi connectivity index (χ2n) is 8.02. The molecule has 33 heavy (non-hydrogen) atoms. The largest absolute Gasteiger partial charge is 0.439 e. The van der Waals surface area contributed by atoms with Gasteiger partial charge in [0.25, 0.3) is 5.56 Å². The molecule has 0 aliphatic heterocycles. The summed E-state index contributed by atoms with van der Waals surface area (Å²) in [6.45, 7) is 4.83. The summed E-state index contributed by atoms with van der Waals surface area (Å²) in [4.78, 5) is 33.4. The highest BCUT2D eigenvalue weighted by molar-refractivity contribution is 5.77. The van der Waals surface area contributed by atoms with Gasteiger partial charge >= 0.3 is 0 Å². The first-order valence-electron chi connectivity index (χ1n) is 10.9. The van der Waals surface area contributed by atoms with Crippen LogP contribution in [0.1, 0.15) is 29.5 Å². The number of fused-ring (bicyclic) bond motifs is 1. The monoisotopic (exact) mass is 442 g/mol. The number of aryl methyl sites for hydroxylation is 3. The van der Waals surface area contributed by atoms with Gasteiger partial charge in [0, 0.05) is 31.8 Å². The maximum absolute atomic E-state index is 12.5. The van der Waals surface area contributed by atoms with Crippen LogP contribution in [0.3, 0.4) is 0 Å². The van der Waals surface area contributed by atoms with Crippen LogP contribution in [0.4, 0.5) is 0 Å². The maximum Gasteiger partial charge on any atom is 0.261 e. The van der Waals surface area contributed by atoms with E-state index in [1.165, 1.54) is 6.33 Å². The molecule has 7 heteroatoms. The van der Waals surface area contributed by atoms with Crippen molar-refractivity contribution < 1.29 is 9.53 Å². The maximum atomic E-state index is 12.5. The van der Waals surface area contributed by atoms with E-state index < -0.39 is 0 Å². The van der Waals surface area contributed by atoms with Gasteiger partial charge in [-0.2, -0.15) is 0 Å². The van der Waals surface area contributed by atoms with E-state index in [1.807, 2.05) is 56.3 Å². The zero-order chi connectivity index (χ0) is 23.2. The van der Waals surface area contributed by atoms with Gasteiger partial charge in [0.15, 0.2) is 0 Å². The van der Waals surface area contributed by atoms with Crippen molar-refractivity contribution in [3.05, 3.63) is 94.2 Å². The number of para-hydroxylation sites is 1. The number of nitrogens with zero attached hydrogens (tertiary/aromatic N) is 3. The Morgan fingerprint density at radius 3 is 2.73 bits per heavy atom. The minimum atomic E-state index is -0.0877. The number of rotatable bonds is 8. The van der Waals surface area contributed by atoms with E-state index in [9.17, 15) is 9.59 Å². The Labute approximate surface area is 192 Å². The summed E-state index contributed by atoms with van der Waals surface area (Å²) in [5.41, 5.74) is 3.63. The highest BCUT2D eigenvalue weighted by Crippen LogP contribution is 2.24. The SMILES string of the molecule is Cc1ccc(C)c(Oc2ccc(CNC(=O)CCCn3cnc4ccccc4c3=O)cn2)c1. The van der Waals surface area contributed by atoms with Crippen molar-refractivity contribution in [1.82, 2.24) is 19.9 Å².